The fourth-order valence-electron chi connectivity index (χ4n) is 2.15. The summed E-state index contributed by atoms with van der Waals surface area (Å²) >= 11 is 0. The number of benzene rings is 1. The summed E-state index contributed by atoms with van der Waals surface area (Å²) in [6, 6.07) is 6.31. The zero-order valence-corrected chi connectivity index (χ0v) is 11.2. The molecule has 2 nitrogen and oxygen atoms in total. The molecule has 0 N–H and O–H groups in total. The van der Waals surface area contributed by atoms with Crippen LogP contribution in [0.2, 0.25) is 0 Å². The van der Waals surface area contributed by atoms with E-state index in [1.807, 2.05) is 6.07 Å². The molecule has 0 saturated carbocycles. The minimum atomic E-state index is 0.253. The largest absolute Gasteiger partial charge is 0.496 e. The third-order valence-electron chi connectivity index (χ3n) is 2.96. The van der Waals surface area contributed by atoms with Crippen molar-refractivity contribution < 1.29 is 9.53 Å². The summed E-state index contributed by atoms with van der Waals surface area (Å²) in [6.45, 7) is 5.90. The van der Waals surface area contributed by atoms with Crippen molar-refractivity contribution in [3.63, 3.8) is 0 Å². The normalized spacial score (nSPS) is 12.2. The molecule has 0 fully saturated rings. The number of carbonyl (C=O) groups is 1. The van der Waals surface area contributed by atoms with Crippen molar-refractivity contribution in [1.82, 2.24) is 0 Å². The fraction of sp³-hybridized carbons (Fsp3) is 0.533. The molecule has 1 atom stereocenters. The van der Waals surface area contributed by atoms with Gasteiger partial charge in [-0.05, 0) is 42.9 Å². The molecule has 94 valence electrons. The predicted octanol–water partition coefficient (Wildman–Crippen LogP) is 3.42. The summed E-state index contributed by atoms with van der Waals surface area (Å²) in [5.74, 6) is 1.55. The molecule has 0 aliphatic rings. The van der Waals surface area contributed by atoms with E-state index in [4.69, 9.17) is 4.74 Å². The lowest BCUT2D eigenvalue weighted by Gasteiger charge is -2.14. The van der Waals surface area contributed by atoms with Crippen molar-refractivity contribution in [2.24, 2.45) is 5.92 Å². The van der Waals surface area contributed by atoms with Gasteiger partial charge in [-0.25, -0.2) is 0 Å². The Morgan fingerprint density at radius 1 is 1.41 bits per heavy atom. The minimum absolute atomic E-state index is 0.253. The molecule has 0 saturated heterocycles. The van der Waals surface area contributed by atoms with E-state index in [0.29, 0.717) is 12.3 Å². The van der Waals surface area contributed by atoms with Crippen LogP contribution in [0.5, 0.6) is 5.75 Å². The maximum Gasteiger partial charge on any atom is 0.130 e. The average molecular weight is 234 g/mol. The van der Waals surface area contributed by atoms with Crippen molar-refractivity contribution in [2.45, 2.75) is 40.0 Å². The SMILES string of the molecule is CCc1ccc(OC)c(CC(C)CC(C)=O)c1. The lowest BCUT2D eigenvalue weighted by molar-refractivity contribution is -0.117. The van der Waals surface area contributed by atoms with E-state index in [1.54, 1.807) is 14.0 Å². The van der Waals surface area contributed by atoms with Crippen LogP contribution in [0.4, 0.5) is 0 Å². The van der Waals surface area contributed by atoms with Crippen LogP contribution in [0.15, 0.2) is 18.2 Å². The lowest BCUT2D eigenvalue weighted by Crippen LogP contribution is -2.06. The number of carbonyl (C=O) groups excluding carboxylic acids is 1. The van der Waals surface area contributed by atoms with E-state index < -0.39 is 0 Å². The first-order valence-electron chi connectivity index (χ1n) is 6.22. The molecule has 1 rings (SSSR count). The van der Waals surface area contributed by atoms with E-state index in [1.165, 1.54) is 11.1 Å². The number of hydrogen-bond acceptors (Lipinski definition) is 2. The van der Waals surface area contributed by atoms with Crippen LogP contribution in [0.1, 0.15) is 38.3 Å². The third kappa shape index (κ3) is 4.22. The Balaban J connectivity index is 2.83. The van der Waals surface area contributed by atoms with Crippen molar-refractivity contribution in [1.29, 1.82) is 0 Å². The number of hydrogen-bond donors (Lipinski definition) is 0. The van der Waals surface area contributed by atoms with Crippen LogP contribution in [0.3, 0.4) is 0 Å². The van der Waals surface area contributed by atoms with Gasteiger partial charge >= 0.3 is 0 Å². The van der Waals surface area contributed by atoms with Crippen LogP contribution >= 0.6 is 0 Å². The van der Waals surface area contributed by atoms with E-state index in [0.717, 1.165) is 18.6 Å². The molecule has 0 spiro atoms. The van der Waals surface area contributed by atoms with Gasteiger partial charge in [0.2, 0.25) is 0 Å². The zero-order chi connectivity index (χ0) is 12.8. The highest BCUT2D eigenvalue weighted by Gasteiger charge is 2.10. The van der Waals surface area contributed by atoms with Gasteiger partial charge in [-0.2, -0.15) is 0 Å². The summed E-state index contributed by atoms with van der Waals surface area (Å²) < 4.78 is 5.37. The molecule has 17 heavy (non-hydrogen) atoms. The van der Waals surface area contributed by atoms with E-state index in [9.17, 15) is 4.79 Å². The van der Waals surface area contributed by atoms with E-state index in [-0.39, 0.29) is 5.78 Å². The Morgan fingerprint density at radius 3 is 2.65 bits per heavy atom. The van der Waals surface area contributed by atoms with E-state index >= 15 is 0 Å². The number of Topliss-reactive ketones (excluding diaryl/α,β-unsaturated/α-hetero) is 1. The first kappa shape index (κ1) is 13.8. The Hall–Kier alpha value is -1.31. The summed E-state index contributed by atoms with van der Waals surface area (Å²) in [5.41, 5.74) is 2.52. The molecule has 0 aliphatic heterocycles. The van der Waals surface area contributed by atoms with Gasteiger partial charge in [-0.15, -0.1) is 0 Å². The quantitative estimate of drug-likeness (QED) is 0.754. The molecule has 0 amide bonds. The molecule has 0 aliphatic carbocycles. The molecular formula is C15H22O2. The molecule has 0 aromatic heterocycles. The highest BCUT2D eigenvalue weighted by atomic mass is 16.5. The second-order valence-electron chi connectivity index (χ2n) is 4.72. The first-order valence-corrected chi connectivity index (χ1v) is 6.22. The van der Waals surface area contributed by atoms with Gasteiger partial charge in [0.1, 0.15) is 11.5 Å². The second-order valence-corrected chi connectivity index (χ2v) is 4.72. The summed E-state index contributed by atoms with van der Waals surface area (Å²) in [4.78, 5) is 11.1. The number of rotatable bonds is 6. The zero-order valence-electron chi connectivity index (χ0n) is 11.2. The van der Waals surface area contributed by atoms with Crippen LogP contribution in [0, 0.1) is 5.92 Å². The highest BCUT2D eigenvalue weighted by molar-refractivity contribution is 5.75. The molecular weight excluding hydrogens is 212 g/mol. The Bertz CT molecular complexity index is 383. The van der Waals surface area contributed by atoms with Gasteiger partial charge < -0.3 is 9.53 Å². The summed E-state index contributed by atoms with van der Waals surface area (Å²) in [7, 11) is 1.69. The van der Waals surface area contributed by atoms with Gasteiger partial charge in [0.25, 0.3) is 0 Å². The minimum Gasteiger partial charge on any atom is -0.496 e. The molecule has 1 unspecified atom stereocenters. The van der Waals surface area contributed by atoms with Crippen LogP contribution in [-0.2, 0) is 17.6 Å². The number of aryl methyl sites for hydroxylation is 1. The number of methoxy groups -OCH3 is 1. The Morgan fingerprint density at radius 2 is 2.12 bits per heavy atom. The Labute approximate surface area is 104 Å². The topological polar surface area (TPSA) is 26.3 Å². The molecule has 0 bridgehead atoms. The van der Waals surface area contributed by atoms with Gasteiger partial charge in [0.15, 0.2) is 0 Å². The number of ether oxygens (including phenoxy) is 1. The maximum atomic E-state index is 11.1. The lowest BCUT2D eigenvalue weighted by atomic mass is 9.94. The second kappa shape index (κ2) is 6.43. The van der Waals surface area contributed by atoms with Crippen molar-refractivity contribution in [2.75, 3.05) is 7.11 Å². The van der Waals surface area contributed by atoms with Gasteiger partial charge in [-0.3, -0.25) is 0 Å². The first-order chi connectivity index (χ1) is 8.06. The van der Waals surface area contributed by atoms with E-state index in [2.05, 4.69) is 26.0 Å². The van der Waals surface area contributed by atoms with Gasteiger partial charge in [-0.1, -0.05) is 26.0 Å². The van der Waals surface area contributed by atoms with Gasteiger partial charge in [0.05, 0.1) is 7.11 Å². The van der Waals surface area contributed by atoms with Gasteiger partial charge in [0, 0.05) is 6.42 Å². The van der Waals surface area contributed by atoms with Crippen molar-refractivity contribution in [3.8, 4) is 5.75 Å². The maximum absolute atomic E-state index is 11.1. The smallest absolute Gasteiger partial charge is 0.130 e. The van der Waals surface area contributed by atoms with Crippen molar-refractivity contribution >= 4 is 5.78 Å². The third-order valence-corrected chi connectivity index (χ3v) is 2.96. The molecule has 0 radical (unpaired) electrons. The van der Waals surface area contributed by atoms with Crippen LogP contribution in [-0.4, -0.2) is 12.9 Å². The van der Waals surface area contributed by atoms with Crippen molar-refractivity contribution in [3.05, 3.63) is 29.3 Å². The predicted molar refractivity (Wildman–Crippen MR) is 70.5 cm³/mol. The highest BCUT2D eigenvalue weighted by Crippen LogP contribution is 2.24. The average Bonchev–Trinajstić information content (AvgIpc) is 2.27. The van der Waals surface area contributed by atoms with Crippen LogP contribution in [0.25, 0.3) is 0 Å². The summed E-state index contributed by atoms with van der Waals surface area (Å²) in [5, 5.41) is 0. The fourth-order valence-corrected chi connectivity index (χ4v) is 2.15. The molecule has 0 heterocycles. The summed E-state index contributed by atoms with van der Waals surface area (Å²) in [6.07, 6.45) is 2.56. The molecule has 1 aromatic carbocycles. The monoisotopic (exact) mass is 234 g/mol. The molecule has 2 heteroatoms. The van der Waals surface area contributed by atoms with Crippen LogP contribution < -0.4 is 4.74 Å². The number of ketones is 1. The standard InChI is InChI=1S/C15H22O2/c1-5-13-6-7-15(17-4)14(10-13)9-11(2)8-12(3)16/h6-7,10-11H,5,8-9H2,1-4H3. The molecule has 1 aromatic rings. The Kier molecular flexibility index (Phi) is 5.20.